The minimum Gasteiger partial charge on any atom is -0.462 e. The number of esters is 2. The van der Waals surface area contributed by atoms with Crippen molar-refractivity contribution in [1.82, 2.24) is 0 Å². The molecule has 0 aliphatic carbocycles. The number of allylic oxidation sites excluding steroid dienone is 7. The van der Waals surface area contributed by atoms with Gasteiger partial charge in [-0.25, -0.2) is 4.57 Å². The van der Waals surface area contributed by atoms with Crippen LogP contribution in [0.2, 0.25) is 0 Å². The first-order valence-corrected chi connectivity index (χ1v) is 15.8. The van der Waals surface area contributed by atoms with Gasteiger partial charge < -0.3 is 34.2 Å². The van der Waals surface area contributed by atoms with E-state index in [4.69, 9.17) is 18.5 Å². The van der Waals surface area contributed by atoms with Gasteiger partial charge >= 0.3 is 19.8 Å². The number of likely N-dealkylation sites (N-methyl/N-ethyl adjacent to an activating group) is 1. The Labute approximate surface area is 255 Å². The lowest BCUT2D eigenvalue weighted by atomic mass is 10.1. The summed E-state index contributed by atoms with van der Waals surface area (Å²) < 4.78 is 32.5. The highest BCUT2D eigenvalue weighted by Gasteiger charge is 2.26. The summed E-state index contributed by atoms with van der Waals surface area (Å²) in [7, 11) is 1.26. The Hall–Kier alpha value is -2.41. The van der Waals surface area contributed by atoms with Crippen LogP contribution in [0.1, 0.15) is 46.0 Å². The fraction of sp³-hybridized carbons (Fsp3) is 0.600. The Morgan fingerprint density at radius 3 is 2.14 bits per heavy atom. The lowest BCUT2D eigenvalue weighted by molar-refractivity contribution is -0.870. The highest BCUT2D eigenvalue weighted by molar-refractivity contribution is 7.47. The number of quaternary nitrogens is 1. The first-order chi connectivity index (χ1) is 20.1. The molecule has 0 radical (unpaired) electrons. The van der Waals surface area contributed by atoms with Gasteiger partial charge in [0.15, 0.2) is 6.10 Å². The summed E-state index contributed by atoms with van der Waals surface area (Å²) in [4.78, 5) is 33.3. The van der Waals surface area contributed by atoms with Crippen LogP contribution < -0.4 is 0 Å². The molecule has 5 atom stereocenters. The number of aliphatic hydroxyl groups excluding tert-OH is 3. The number of ether oxygens (including phenoxy) is 2. The van der Waals surface area contributed by atoms with E-state index in [1.165, 1.54) is 6.08 Å². The number of carbonyl (C=O) groups excluding carboxylic acids is 2. The molecule has 4 N–H and O–H groups in total. The average molecular weight is 633 g/mol. The van der Waals surface area contributed by atoms with Gasteiger partial charge in [0.1, 0.15) is 19.8 Å². The fourth-order valence-electron chi connectivity index (χ4n) is 3.12. The second-order valence-corrected chi connectivity index (χ2v) is 12.2. The third-order valence-corrected chi connectivity index (χ3v) is 6.44. The molecule has 246 valence electrons. The zero-order valence-corrected chi connectivity index (χ0v) is 26.9. The minimum absolute atomic E-state index is 0.0308. The van der Waals surface area contributed by atoms with E-state index >= 15 is 0 Å². The second kappa shape index (κ2) is 23.0. The first kappa shape index (κ1) is 40.6. The van der Waals surface area contributed by atoms with Crippen LogP contribution >= 0.6 is 7.82 Å². The number of nitrogens with zero attached hydrogens (tertiary/aromatic N) is 1. The molecule has 0 aliphatic heterocycles. The summed E-state index contributed by atoms with van der Waals surface area (Å²) in [6, 6.07) is 0. The molecular formula is C30H51NO11P+. The van der Waals surface area contributed by atoms with E-state index in [1.54, 1.807) is 42.5 Å². The molecule has 0 aromatic rings. The summed E-state index contributed by atoms with van der Waals surface area (Å²) >= 11 is 0. The van der Waals surface area contributed by atoms with E-state index in [9.17, 15) is 34.4 Å². The van der Waals surface area contributed by atoms with Crippen LogP contribution in [-0.4, -0.2) is 109 Å². The lowest BCUT2D eigenvalue weighted by Gasteiger charge is -2.24. The van der Waals surface area contributed by atoms with E-state index in [-0.39, 0.29) is 25.9 Å². The zero-order valence-electron chi connectivity index (χ0n) is 26.0. The maximum Gasteiger partial charge on any atom is 0.472 e. The van der Waals surface area contributed by atoms with Crippen LogP contribution in [0.4, 0.5) is 0 Å². The largest absolute Gasteiger partial charge is 0.472 e. The van der Waals surface area contributed by atoms with Crippen LogP contribution in [-0.2, 0) is 32.7 Å². The van der Waals surface area contributed by atoms with Crippen molar-refractivity contribution in [2.75, 3.05) is 47.5 Å². The van der Waals surface area contributed by atoms with E-state index in [0.29, 0.717) is 17.4 Å². The molecule has 0 aliphatic rings. The number of phosphoric ester groups is 1. The third kappa shape index (κ3) is 25.8. The van der Waals surface area contributed by atoms with Gasteiger partial charge in [0, 0.05) is 13.3 Å². The zero-order chi connectivity index (χ0) is 32.7. The van der Waals surface area contributed by atoms with Gasteiger partial charge in [0.2, 0.25) is 0 Å². The fourth-order valence-corrected chi connectivity index (χ4v) is 3.86. The van der Waals surface area contributed by atoms with Crippen LogP contribution in [0.25, 0.3) is 0 Å². The van der Waals surface area contributed by atoms with Gasteiger partial charge in [-0.05, 0) is 25.7 Å². The van der Waals surface area contributed by atoms with Crippen molar-refractivity contribution in [3.8, 4) is 0 Å². The SMILES string of the molecule is CC/C=C\C[C@@H](O)/C=C/C=C/C=C\C=C/[C@H](O)[C@@H](O)CCCC(=O)OC[C@H](COP(=O)(O)OCC[N+](C)(C)C)OC(C)=O. The number of hydrogen-bond donors (Lipinski definition) is 4. The second-order valence-electron chi connectivity index (χ2n) is 10.7. The summed E-state index contributed by atoms with van der Waals surface area (Å²) in [5, 5.41) is 30.0. The van der Waals surface area contributed by atoms with Crippen LogP contribution in [0.15, 0.2) is 60.8 Å². The molecule has 0 aromatic heterocycles. The number of phosphoric acid groups is 1. The van der Waals surface area contributed by atoms with E-state index in [2.05, 4.69) is 0 Å². The molecule has 1 unspecified atom stereocenters. The molecular weight excluding hydrogens is 581 g/mol. The molecule has 13 heteroatoms. The molecule has 0 heterocycles. The quantitative estimate of drug-likeness (QED) is 0.0429. The summed E-state index contributed by atoms with van der Waals surface area (Å²) in [6.07, 6.45) is 15.1. The highest BCUT2D eigenvalue weighted by atomic mass is 31.2. The lowest BCUT2D eigenvalue weighted by Crippen LogP contribution is -2.37. The monoisotopic (exact) mass is 632 g/mol. The molecule has 0 spiro atoms. The van der Waals surface area contributed by atoms with E-state index in [1.807, 2.05) is 40.2 Å². The molecule has 12 nitrogen and oxygen atoms in total. The number of hydrogen-bond acceptors (Lipinski definition) is 10. The van der Waals surface area contributed by atoms with Crippen LogP contribution in [0.5, 0.6) is 0 Å². The Morgan fingerprint density at radius 1 is 0.907 bits per heavy atom. The Bertz CT molecular complexity index is 985. The van der Waals surface area contributed by atoms with Crippen molar-refractivity contribution < 1.29 is 57.4 Å². The van der Waals surface area contributed by atoms with Gasteiger partial charge in [-0.1, -0.05) is 67.7 Å². The van der Waals surface area contributed by atoms with Gasteiger partial charge in [0.25, 0.3) is 0 Å². The molecule has 0 bridgehead atoms. The maximum atomic E-state index is 12.1. The Balaban J connectivity index is 4.42. The van der Waals surface area contributed by atoms with Crippen molar-refractivity contribution in [2.24, 2.45) is 0 Å². The number of rotatable bonds is 23. The van der Waals surface area contributed by atoms with E-state index < -0.39 is 57.4 Å². The summed E-state index contributed by atoms with van der Waals surface area (Å²) in [6.45, 7) is 2.66. The topological polar surface area (TPSA) is 169 Å². The third-order valence-electron chi connectivity index (χ3n) is 5.46. The van der Waals surface area contributed by atoms with Gasteiger partial charge in [-0.3, -0.25) is 18.6 Å². The normalized spacial score (nSPS) is 17.1. The van der Waals surface area contributed by atoms with Gasteiger partial charge in [-0.2, -0.15) is 0 Å². The molecule has 0 fully saturated rings. The predicted molar refractivity (Wildman–Crippen MR) is 164 cm³/mol. The van der Waals surface area contributed by atoms with Crippen LogP contribution in [0.3, 0.4) is 0 Å². The molecule has 0 saturated heterocycles. The highest BCUT2D eigenvalue weighted by Crippen LogP contribution is 2.43. The number of carbonyl (C=O) groups is 2. The van der Waals surface area contributed by atoms with Gasteiger partial charge in [0.05, 0.1) is 46.1 Å². The Morgan fingerprint density at radius 2 is 1.53 bits per heavy atom. The first-order valence-electron chi connectivity index (χ1n) is 14.3. The van der Waals surface area contributed by atoms with E-state index in [0.717, 1.165) is 13.3 Å². The summed E-state index contributed by atoms with van der Waals surface area (Å²) in [5.41, 5.74) is 0. The van der Waals surface area contributed by atoms with Crippen molar-refractivity contribution in [1.29, 1.82) is 0 Å². The smallest absolute Gasteiger partial charge is 0.462 e. The molecule has 0 rings (SSSR count). The predicted octanol–water partition coefficient (Wildman–Crippen LogP) is 3.14. The van der Waals surface area contributed by atoms with Crippen molar-refractivity contribution >= 4 is 19.8 Å². The summed E-state index contributed by atoms with van der Waals surface area (Å²) in [5.74, 6) is -1.34. The maximum absolute atomic E-state index is 12.1. The Kier molecular flexibility index (Phi) is 21.7. The van der Waals surface area contributed by atoms with Crippen molar-refractivity contribution in [3.05, 3.63) is 60.8 Å². The van der Waals surface area contributed by atoms with Crippen molar-refractivity contribution in [3.63, 3.8) is 0 Å². The minimum atomic E-state index is -4.41. The molecule has 0 amide bonds. The average Bonchev–Trinajstić information content (AvgIpc) is 2.90. The molecule has 0 aromatic carbocycles. The van der Waals surface area contributed by atoms with Gasteiger partial charge in [-0.15, -0.1) is 0 Å². The molecule has 0 saturated carbocycles. The van der Waals surface area contributed by atoms with Crippen LogP contribution in [0, 0.1) is 0 Å². The van der Waals surface area contributed by atoms with Crippen molar-refractivity contribution in [2.45, 2.75) is 70.4 Å². The standard InChI is InChI=1S/C30H50NO11P/c1-6-7-12-16-26(33)17-13-10-8-9-11-14-18-28(34)29(35)19-15-20-30(36)39-23-27(42-25(2)32)24-41-43(37,38)40-22-21-31(3,4)5/h7-14,17-18,26-29,33-35H,6,15-16,19-24H2,1-5H3/p+1/b10-8+,11-9-,12-7-,17-13+,18-14-/t26-,27-,28+,29+/m1/s1. The molecule has 43 heavy (non-hydrogen) atoms. The number of aliphatic hydroxyl groups is 3.